The van der Waals surface area contributed by atoms with Crippen molar-refractivity contribution in [3.63, 3.8) is 0 Å². The van der Waals surface area contributed by atoms with Gasteiger partial charge in [-0.1, -0.05) is 28.9 Å². The summed E-state index contributed by atoms with van der Waals surface area (Å²) >= 11 is 5.94. The van der Waals surface area contributed by atoms with Crippen molar-refractivity contribution < 1.29 is 22.5 Å². The Balaban J connectivity index is 1.80. The van der Waals surface area contributed by atoms with Gasteiger partial charge in [-0.25, -0.2) is 13.2 Å². The predicted octanol–water partition coefficient (Wildman–Crippen LogP) is 3.82. The SMILES string of the molecule is Cc1cc(COC(=O)c2cccc(S(=O)(=O)N(C)c3cccc(Cl)c3)c2)no1. The lowest BCUT2D eigenvalue weighted by molar-refractivity contribution is 0.0464. The average Bonchev–Trinajstić information content (AvgIpc) is 3.10. The molecule has 0 N–H and O–H groups in total. The number of aryl methyl sites for hydroxylation is 1. The maximum atomic E-state index is 12.9. The van der Waals surface area contributed by atoms with E-state index >= 15 is 0 Å². The maximum Gasteiger partial charge on any atom is 0.338 e. The van der Waals surface area contributed by atoms with Crippen molar-refractivity contribution in [3.05, 3.63) is 76.6 Å². The topological polar surface area (TPSA) is 89.7 Å². The Hall–Kier alpha value is -2.84. The first kappa shape index (κ1) is 19.9. The smallest absolute Gasteiger partial charge is 0.338 e. The molecule has 28 heavy (non-hydrogen) atoms. The molecule has 146 valence electrons. The van der Waals surface area contributed by atoms with Crippen LogP contribution in [0.3, 0.4) is 0 Å². The van der Waals surface area contributed by atoms with Crippen LogP contribution in [-0.4, -0.2) is 26.6 Å². The van der Waals surface area contributed by atoms with E-state index in [0.29, 0.717) is 22.2 Å². The van der Waals surface area contributed by atoms with Crippen molar-refractivity contribution in [1.29, 1.82) is 0 Å². The zero-order valence-electron chi connectivity index (χ0n) is 15.1. The molecule has 0 radical (unpaired) electrons. The number of carbonyl (C=O) groups is 1. The number of nitrogens with zero attached hydrogens (tertiary/aromatic N) is 2. The summed E-state index contributed by atoms with van der Waals surface area (Å²) in [5.74, 6) is -0.0636. The number of sulfonamides is 1. The molecule has 1 heterocycles. The fourth-order valence-electron chi connectivity index (χ4n) is 2.46. The molecule has 0 amide bonds. The van der Waals surface area contributed by atoms with Gasteiger partial charge in [0.1, 0.15) is 18.1 Å². The molecule has 0 aliphatic rings. The molecule has 7 nitrogen and oxygen atoms in total. The molecule has 0 bridgehead atoms. The van der Waals surface area contributed by atoms with Crippen molar-refractivity contribution in [2.75, 3.05) is 11.4 Å². The highest BCUT2D eigenvalue weighted by molar-refractivity contribution is 7.92. The Bertz CT molecular complexity index is 1110. The number of benzene rings is 2. The van der Waals surface area contributed by atoms with Gasteiger partial charge in [-0.3, -0.25) is 4.31 Å². The summed E-state index contributed by atoms with van der Waals surface area (Å²) in [6.07, 6.45) is 0. The minimum absolute atomic E-state index is 0.0401. The van der Waals surface area contributed by atoms with Crippen LogP contribution < -0.4 is 4.31 Å². The van der Waals surface area contributed by atoms with E-state index in [1.165, 1.54) is 37.4 Å². The second kappa shape index (κ2) is 8.04. The summed E-state index contributed by atoms with van der Waals surface area (Å²) in [5.41, 5.74) is 0.984. The van der Waals surface area contributed by atoms with Crippen LogP contribution in [0.5, 0.6) is 0 Å². The number of aromatic nitrogens is 1. The Labute approximate surface area is 167 Å². The van der Waals surface area contributed by atoms with Crippen LogP contribution >= 0.6 is 11.6 Å². The predicted molar refractivity (Wildman–Crippen MR) is 104 cm³/mol. The van der Waals surface area contributed by atoms with Gasteiger partial charge in [0.2, 0.25) is 0 Å². The second-order valence-electron chi connectivity index (χ2n) is 5.99. The largest absolute Gasteiger partial charge is 0.455 e. The quantitative estimate of drug-likeness (QED) is 0.563. The lowest BCUT2D eigenvalue weighted by Gasteiger charge is -2.20. The van der Waals surface area contributed by atoms with Crippen LogP contribution in [0.15, 0.2) is 64.0 Å². The number of hydrogen-bond donors (Lipinski definition) is 0. The van der Waals surface area contributed by atoms with Crippen LogP contribution in [-0.2, 0) is 21.4 Å². The lowest BCUT2D eigenvalue weighted by atomic mass is 10.2. The van der Waals surface area contributed by atoms with E-state index in [0.717, 1.165) is 4.31 Å². The maximum absolute atomic E-state index is 12.9. The van der Waals surface area contributed by atoms with Crippen molar-refractivity contribution in [2.45, 2.75) is 18.4 Å². The number of ether oxygens (including phenoxy) is 1. The van der Waals surface area contributed by atoms with Crippen LogP contribution in [0.1, 0.15) is 21.8 Å². The number of anilines is 1. The van der Waals surface area contributed by atoms with E-state index in [1.54, 1.807) is 31.2 Å². The summed E-state index contributed by atoms with van der Waals surface area (Å²) in [4.78, 5) is 12.2. The van der Waals surface area contributed by atoms with Crippen molar-refractivity contribution >= 4 is 33.3 Å². The summed E-state index contributed by atoms with van der Waals surface area (Å²) in [6, 6.07) is 13.8. The molecule has 0 aliphatic carbocycles. The van der Waals surface area contributed by atoms with Gasteiger partial charge in [0.25, 0.3) is 10.0 Å². The molecule has 0 saturated carbocycles. The van der Waals surface area contributed by atoms with Gasteiger partial charge in [-0.15, -0.1) is 0 Å². The third-order valence-corrected chi connectivity index (χ3v) is 5.94. The average molecular weight is 421 g/mol. The second-order valence-corrected chi connectivity index (χ2v) is 8.39. The molecule has 3 rings (SSSR count). The minimum atomic E-state index is -3.89. The molecule has 0 atom stereocenters. The van der Waals surface area contributed by atoms with Crippen molar-refractivity contribution in [1.82, 2.24) is 5.16 Å². The van der Waals surface area contributed by atoms with Crippen molar-refractivity contribution in [3.8, 4) is 0 Å². The van der Waals surface area contributed by atoms with Gasteiger partial charge in [0, 0.05) is 18.1 Å². The molecule has 3 aromatic rings. The molecule has 0 spiro atoms. The highest BCUT2D eigenvalue weighted by atomic mass is 35.5. The number of halogens is 1. The number of esters is 1. The van der Waals surface area contributed by atoms with Crippen molar-refractivity contribution in [2.24, 2.45) is 0 Å². The van der Waals surface area contributed by atoms with Crippen LogP contribution in [0.2, 0.25) is 5.02 Å². The lowest BCUT2D eigenvalue weighted by Crippen LogP contribution is -2.26. The Kier molecular flexibility index (Phi) is 5.71. The van der Waals surface area contributed by atoms with Gasteiger partial charge in [0.15, 0.2) is 0 Å². The third-order valence-electron chi connectivity index (χ3n) is 3.93. The molecule has 0 saturated heterocycles. The summed E-state index contributed by atoms with van der Waals surface area (Å²) < 4.78 is 37.0. The number of rotatable bonds is 6. The minimum Gasteiger partial charge on any atom is -0.455 e. The van der Waals surface area contributed by atoms with E-state index in [4.69, 9.17) is 20.9 Å². The normalized spacial score (nSPS) is 11.2. The van der Waals surface area contributed by atoms with E-state index < -0.39 is 16.0 Å². The highest BCUT2D eigenvalue weighted by Gasteiger charge is 2.23. The van der Waals surface area contributed by atoms with E-state index in [9.17, 15) is 13.2 Å². The highest BCUT2D eigenvalue weighted by Crippen LogP contribution is 2.25. The summed E-state index contributed by atoms with van der Waals surface area (Å²) in [7, 11) is -2.47. The Morgan fingerprint density at radius 3 is 2.61 bits per heavy atom. The molecule has 0 fully saturated rings. The number of carbonyl (C=O) groups excluding carboxylic acids is 1. The van der Waals surface area contributed by atoms with E-state index in [-0.39, 0.29) is 17.1 Å². The molecule has 0 aliphatic heterocycles. The zero-order chi connectivity index (χ0) is 20.3. The van der Waals surface area contributed by atoms with Gasteiger partial charge in [-0.05, 0) is 43.3 Å². The molecule has 2 aromatic carbocycles. The Morgan fingerprint density at radius 1 is 1.18 bits per heavy atom. The van der Waals surface area contributed by atoms with E-state index in [2.05, 4.69) is 5.16 Å². The first-order chi connectivity index (χ1) is 13.3. The van der Waals surface area contributed by atoms with Crippen LogP contribution in [0.25, 0.3) is 0 Å². The van der Waals surface area contributed by atoms with Gasteiger partial charge >= 0.3 is 5.97 Å². The van der Waals surface area contributed by atoms with Gasteiger partial charge in [-0.2, -0.15) is 0 Å². The summed E-state index contributed by atoms with van der Waals surface area (Å²) in [6.45, 7) is 1.65. The van der Waals surface area contributed by atoms with Gasteiger partial charge in [0.05, 0.1) is 16.1 Å². The molecule has 0 unspecified atom stereocenters. The third kappa shape index (κ3) is 4.35. The molecule has 1 aromatic heterocycles. The fourth-order valence-corrected chi connectivity index (χ4v) is 3.88. The molecule has 9 heteroatoms. The molecular formula is C19H17ClN2O5S. The number of hydrogen-bond acceptors (Lipinski definition) is 6. The first-order valence-electron chi connectivity index (χ1n) is 8.21. The zero-order valence-corrected chi connectivity index (χ0v) is 16.7. The fraction of sp³-hybridized carbons (Fsp3) is 0.158. The first-order valence-corrected chi connectivity index (χ1v) is 10.0. The monoisotopic (exact) mass is 420 g/mol. The van der Waals surface area contributed by atoms with Crippen LogP contribution in [0.4, 0.5) is 5.69 Å². The summed E-state index contributed by atoms with van der Waals surface area (Å²) in [5, 5.41) is 4.15. The Morgan fingerprint density at radius 2 is 1.93 bits per heavy atom. The molecular weight excluding hydrogens is 404 g/mol. The van der Waals surface area contributed by atoms with Crippen LogP contribution in [0, 0.1) is 6.92 Å². The van der Waals surface area contributed by atoms with E-state index in [1.807, 2.05) is 0 Å². The van der Waals surface area contributed by atoms with Gasteiger partial charge < -0.3 is 9.26 Å². The standard InChI is InChI=1S/C19H17ClN2O5S/c1-13-9-16(21-27-13)12-26-19(23)14-5-3-8-18(10-14)28(24,25)22(2)17-7-4-6-15(20)11-17/h3-11H,12H2,1-2H3.